The Morgan fingerprint density at radius 1 is 1.04 bits per heavy atom. The molecule has 118 valence electrons. The third kappa shape index (κ3) is 3.18. The molecule has 1 heterocycles. The fourth-order valence-electron chi connectivity index (χ4n) is 2.52. The van der Waals surface area contributed by atoms with E-state index in [0.717, 1.165) is 17.0 Å². The third-order valence-corrected chi connectivity index (χ3v) is 3.71. The lowest BCUT2D eigenvalue weighted by Gasteiger charge is -2.10. The topological polar surface area (TPSA) is 60.2 Å². The van der Waals surface area contributed by atoms with Crippen LogP contribution in [-0.4, -0.2) is 17.3 Å². The molecule has 0 aliphatic rings. The Balaban J connectivity index is 1.78. The first-order valence-electron chi connectivity index (χ1n) is 7.45. The van der Waals surface area contributed by atoms with Gasteiger partial charge in [-0.05, 0) is 37.1 Å². The molecule has 0 fully saturated rings. The van der Waals surface area contributed by atoms with E-state index in [2.05, 4.69) is 41.4 Å². The third-order valence-electron chi connectivity index (χ3n) is 3.71. The van der Waals surface area contributed by atoms with E-state index in [1.165, 1.54) is 11.1 Å². The standard InChI is InChI=1S/C18H19N3O2/c1-12-7-6-8-13(2)17(12)19-11-16-20-18(21-23-16)14-9-4-5-10-15(14)22-3/h4-10,19H,11H2,1-3H3. The van der Waals surface area contributed by atoms with Gasteiger partial charge in [-0.15, -0.1) is 0 Å². The summed E-state index contributed by atoms with van der Waals surface area (Å²) in [6, 6.07) is 13.8. The van der Waals surface area contributed by atoms with Crippen LogP contribution in [0.25, 0.3) is 11.4 Å². The van der Waals surface area contributed by atoms with Crippen LogP contribution < -0.4 is 10.1 Å². The smallest absolute Gasteiger partial charge is 0.246 e. The van der Waals surface area contributed by atoms with Crippen molar-refractivity contribution in [2.24, 2.45) is 0 Å². The highest BCUT2D eigenvalue weighted by Crippen LogP contribution is 2.27. The van der Waals surface area contributed by atoms with Crippen molar-refractivity contribution in [2.75, 3.05) is 12.4 Å². The zero-order chi connectivity index (χ0) is 16.2. The Kier molecular flexibility index (Phi) is 4.28. The van der Waals surface area contributed by atoms with Crippen LogP contribution in [0.1, 0.15) is 17.0 Å². The van der Waals surface area contributed by atoms with Gasteiger partial charge >= 0.3 is 0 Å². The van der Waals surface area contributed by atoms with Crippen LogP contribution >= 0.6 is 0 Å². The van der Waals surface area contributed by atoms with Crippen LogP contribution in [-0.2, 0) is 6.54 Å². The summed E-state index contributed by atoms with van der Waals surface area (Å²) in [5.74, 6) is 1.79. The van der Waals surface area contributed by atoms with Crippen LogP contribution in [0.2, 0.25) is 0 Å². The van der Waals surface area contributed by atoms with Gasteiger partial charge < -0.3 is 14.6 Å². The molecule has 2 aromatic carbocycles. The van der Waals surface area contributed by atoms with Gasteiger partial charge in [-0.2, -0.15) is 4.98 Å². The van der Waals surface area contributed by atoms with Crippen LogP contribution in [0, 0.1) is 13.8 Å². The van der Waals surface area contributed by atoms with Gasteiger partial charge in [-0.25, -0.2) is 0 Å². The van der Waals surface area contributed by atoms with E-state index in [4.69, 9.17) is 9.26 Å². The van der Waals surface area contributed by atoms with Crippen LogP contribution in [0.15, 0.2) is 47.0 Å². The molecule has 0 radical (unpaired) electrons. The molecule has 0 unspecified atom stereocenters. The minimum absolute atomic E-state index is 0.480. The van der Waals surface area contributed by atoms with Crippen molar-refractivity contribution in [3.05, 3.63) is 59.5 Å². The Morgan fingerprint density at radius 2 is 1.78 bits per heavy atom. The number of hydrogen-bond donors (Lipinski definition) is 1. The summed E-state index contributed by atoms with van der Waals surface area (Å²) in [5.41, 5.74) is 4.30. The van der Waals surface area contributed by atoms with Gasteiger partial charge in [0.05, 0.1) is 19.2 Å². The molecule has 5 nitrogen and oxygen atoms in total. The Morgan fingerprint density at radius 3 is 2.52 bits per heavy atom. The van der Waals surface area contributed by atoms with Gasteiger partial charge in [0.25, 0.3) is 0 Å². The average molecular weight is 309 g/mol. The van der Waals surface area contributed by atoms with E-state index in [1.54, 1.807) is 7.11 Å². The summed E-state index contributed by atoms with van der Waals surface area (Å²) in [6.45, 7) is 4.63. The lowest BCUT2D eigenvalue weighted by molar-refractivity contribution is 0.383. The number of methoxy groups -OCH3 is 1. The number of ether oxygens (including phenoxy) is 1. The lowest BCUT2D eigenvalue weighted by Crippen LogP contribution is -2.03. The van der Waals surface area contributed by atoms with Crippen molar-refractivity contribution in [1.82, 2.24) is 10.1 Å². The molecule has 0 saturated carbocycles. The first kappa shape index (κ1) is 15.1. The fourth-order valence-corrected chi connectivity index (χ4v) is 2.52. The van der Waals surface area contributed by atoms with E-state index < -0.39 is 0 Å². The number of anilines is 1. The van der Waals surface area contributed by atoms with Crippen LogP contribution in [0.4, 0.5) is 5.69 Å². The van der Waals surface area contributed by atoms with Crippen LogP contribution in [0.3, 0.4) is 0 Å². The quantitative estimate of drug-likeness (QED) is 0.772. The Bertz CT molecular complexity index is 791. The first-order valence-corrected chi connectivity index (χ1v) is 7.45. The normalized spacial score (nSPS) is 10.6. The second-order valence-electron chi connectivity index (χ2n) is 5.33. The number of nitrogens with zero attached hydrogens (tertiary/aromatic N) is 2. The number of rotatable bonds is 5. The Labute approximate surface area is 135 Å². The predicted octanol–water partition coefficient (Wildman–Crippen LogP) is 3.97. The monoisotopic (exact) mass is 309 g/mol. The first-order chi connectivity index (χ1) is 11.2. The molecule has 0 saturated heterocycles. The molecule has 0 aliphatic carbocycles. The summed E-state index contributed by atoms with van der Waals surface area (Å²) in [4.78, 5) is 4.44. The zero-order valence-corrected chi connectivity index (χ0v) is 13.5. The van der Waals surface area contributed by atoms with Gasteiger partial charge in [-0.3, -0.25) is 0 Å². The van der Waals surface area contributed by atoms with Crippen molar-refractivity contribution in [2.45, 2.75) is 20.4 Å². The maximum Gasteiger partial charge on any atom is 0.246 e. The Hall–Kier alpha value is -2.82. The summed E-state index contributed by atoms with van der Waals surface area (Å²) < 4.78 is 10.7. The van der Waals surface area contributed by atoms with E-state index in [9.17, 15) is 0 Å². The molecule has 0 atom stereocenters. The van der Waals surface area contributed by atoms with Crippen molar-refractivity contribution in [3.63, 3.8) is 0 Å². The molecule has 1 aromatic heterocycles. The molecule has 0 amide bonds. The van der Waals surface area contributed by atoms with Crippen molar-refractivity contribution < 1.29 is 9.26 Å². The molecule has 1 N–H and O–H groups in total. The molecule has 5 heteroatoms. The second-order valence-corrected chi connectivity index (χ2v) is 5.33. The summed E-state index contributed by atoms with van der Waals surface area (Å²) in [6.07, 6.45) is 0. The second kappa shape index (κ2) is 6.52. The van der Waals surface area contributed by atoms with E-state index >= 15 is 0 Å². The molecular formula is C18H19N3O2. The van der Waals surface area contributed by atoms with Crippen molar-refractivity contribution >= 4 is 5.69 Å². The predicted molar refractivity (Wildman–Crippen MR) is 89.5 cm³/mol. The highest BCUT2D eigenvalue weighted by Gasteiger charge is 2.13. The van der Waals surface area contributed by atoms with Crippen molar-refractivity contribution in [3.8, 4) is 17.1 Å². The summed E-state index contributed by atoms with van der Waals surface area (Å²) >= 11 is 0. The average Bonchev–Trinajstić information content (AvgIpc) is 3.03. The molecule has 0 bridgehead atoms. The van der Waals surface area contributed by atoms with E-state index in [0.29, 0.717) is 18.3 Å². The molecule has 0 spiro atoms. The van der Waals surface area contributed by atoms with Crippen LogP contribution in [0.5, 0.6) is 5.75 Å². The lowest BCUT2D eigenvalue weighted by atomic mass is 10.1. The number of benzene rings is 2. The molecule has 3 aromatic rings. The number of aromatic nitrogens is 2. The minimum Gasteiger partial charge on any atom is -0.496 e. The molecule has 3 rings (SSSR count). The minimum atomic E-state index is 0.480. The summed E-state index contributed by atoms with van der Waals surface area (Å²) in [5, 5.41) is 7.41. The van der Waals surface area contributed by atoms with E-state index in [1.807, 2.05) is 30.3 Å². The highest BCUT2D eigenvalue weighted by molar-refractivity contribution is 5.63. The van der Waals surface area contributed by atoms with Gasteiger partial charge in [-0.1, -0.05) is 35.5 Å². The number of hydrogen-bond acceptors (Lipinski definition) is 5. The highest BCUT2D eigenvalue weighted by atomic mass is 16.5. The fraction of sp³-hybridized carbons (Fsp3) is 0.222. The molecular weight excluding hydrogens is 290 g/mol. The number of nitrogens with one attached hydrogen (secondary N) is 1. The van der Waals surface area contributed by atoms with Crippen molar-refractivity contribution in [1.29, 1.82) is 0 Å². The van der Waals surface area contributed by atoms with Gasteiger partial charge in [0.15, 0.2) is 0 Å². The van der Waals surface area contributed by atoms with Gasteiger partial charge in [0.2, 0.25) is 11.7 Å². The maximum absolute atomic E-state index is 5.34. The van der Waals surface area contributed by atoms with E-state index in [-0.39, 0.29) is 0 Å². The molecule has 23 heavy (non-hydrogen) atoms. The SMILES string of the molecule is COc1ccccc1-c1noc(CNc2c(C)cccc2C)n1. The molecule has 0 aliphatic heterocycles. The summed E-state index contributed by atoms with van der Waals surface area (Å²) in [7, 11) is 1.63. The van der Waals surface area contributed by atoms with Gasteiger partial charge in [0, 0.05) is 5.69 Å². The number of aryl methyl sites for hydroxylation is 2. The number of para-hydroxylation sites is 2. The van der Waals surface area contributed by atoms with Gasteiger partial charge in [0.1, 0.15) is 5.75 Å². The maximum atomic E-state index is 5.34. The zero-order valence-electron chi connectivity index (χ0n) is 13.5. The largest absolute Gasteiger partial charge is 0.496 e.